The minimum absolute atomic E-state index is 0.163. The van der Waals surface area contributed by atoms with Crippen LogP contribution in [-0.2, 0) is 11.8 Å². The van der Waals surface area contributed by atoms with E-state index in [1.807, 2.05) is 11.8 Å². The van der Waals surface area contributed by atoms with Crippen LogP contribution < -0.4 is 5.32 Å². The maximum absolute atomic E-state index is 4.78. The van der Waals surface area contributed by atoms with E-state index in [9.17, 15) is 0 Å². The second-order valence-electron chi connectivity index (χ2n) is 6.50. The number of nitrogens with zero attached hydrogens (tertiary/aromatic N) is 1. The number of rotatable bonds is 7. The van der Waals surface area contributed by atoms with Gasteiger partial charge in [-0.25, -0.2) is 4.98 Å². The van der Waals surface area contributed by atoms with Gasteiger partial charge >= 0.3 is 0 Å². The van der Waals surface area contributed by atoms with Crippen molar-refractivity contribution in [1.29, 1.82) is 0 Å². The van der Waals surface area contributed by atoms with Crippen molar-refractivity contribution in [3.8, 4) is 0 Å². The Hall–Kier alpha value is -0.0600. The lowest BCUT2D eigenvalue weighted by atomic mass is 9.93. The first-order chi connectivity index (χ1) is 8.82. The molecule has 0 aromatic carbocycles. The Morgan fingerprint density at radius 3 is 2.47 bits per heavy atom. The highest BCUT2D eigenvalue weighted by atomic mass is 32.2. The van der Waals surface area contributed by atoms with Crippen LogP contribution in [0.2, 0.25) is 0 Å². The molecule has 1 unspecified atom stereocenters. The van der Waals surface area contributed by atoms with Gasteiger partial charge in [-0.3, -0.25) is 0 Å². The molecule has 1 heterocycles. The molecule has 1 atom stereocenters. The molecule has 4 heteroatoms. The van der Waals surface area contributed by atoms with Gasteiger partial charge in [0.15, 0.2) is 0 Å². The van der Waals surface area contributed by atoms with Crippen LogP contribution >= 0.6 is 23.1 Å². The van der Waals surface area contributed by atoms with E-state index in [0.29, 0.717) is 6.04 Å². The van der Waals surface area contributed by atoms with E-state index >= 15 is 0 Å². The maximum atomic E-state index is 4.78. The summed E-state index contributed by atoms with van der Waals surface area (Å²) in [6.45, 7) is 11.2. The van der Waals surface area contributed by atoms with E-state index in [0.717, 1.165) is 12.3 Å². The lowest BCUT2D eigenvalue weighted by Gasteiger charge is -2.16. The molecule has 1 aromatic heterocycles. The predicted molar refractivity (Wildman–Crippen MR) is 89.5 cm³/mol. The van der Waals surface area contributed by atoms with Crippen LogP contribution in [-0.4, -0.2) is 29.6 Å². The Balaban J connectivity index is 2.49. The molecule has 0 radical (unpaired) electrons. The van der Waals surface area contributed by atoms with Crippen molar-refractivity contribution in [2.45, 2.75) is 52.5 Å². The molecule has 0 bridgehead atoms. The molecule has 0 aliphatic carbocycles. The van der Waals surface area contributed by atoms with E-state index in [1.165, 1.54) is 22.2 Å². The average molecular weight is 301 g/mol. The highest BCUT2D eigenvalue weighted by Gasteiger charge is 2.18. The van der Waals surface area contributed by atoms with Gasteiger partial charge in [0.1, 0.15) is 0 Å². The summed E-state index contributed by atoms with van der Waals surface area (Å²) < 4.78 is 0. The maximum Gasteiger partial charge on any atom is 0.0944 e. The fraction of sp³-hybridized carbons (Fsp3) is 0.800. The minimum atomic E-state index is 0.163. The van der Waals surface area contributed by atoms with Crippen molar-refractivity contribution >= 4 is 23.1 Å². The molecule has 19 heavy (non-hydrogen) atoms. The fourth-order valence-electron chi connectivity index (χ4n) is 1.65. The molecule has 0 fully saturated rings. The van der Waals surface area contributed by atoms with Crippen LogP contribution in [0.15, 0.2) is 5.38 Å². The molecular formula is C15H28N2S2. The first-order valence-electron chi connectivity index (χ1n) is 7.02. The van der Waals surface area contributed by atoms with Crippen molar-refractivity contribution in [1.82, 2.24) is 10.3 Å². The molecule has 0 spiro atoms. The number of hydrogen-bond acceptors (Lipinski definition) is 4. The van der Waals surface area contributed by atoms with Crippen molar-refractivity contribution in [3.63, 3.8) is 0 Å². The number of hydrogen-bond donors (Lipinski definition) is 1. The largest absolute Gasteiger partial charge is 0.316 e. The summed E-state index contributed by atoms with van der Waals surface area (Å²) in [7, 11) is 2.05. The molecular weight excluding hydrogens is 272 g/mol. The van der Waals surface area contributed by atoms with E-state index in [2.05, 4.69) is 52.4 Å². The minimum Gasteiger partial charge on any atom is -0.316 e. The number of nitrogens with one attached hydrogen (secondary N) is 1. The molecule has 1 aromatic rings. The van der Waals surface area contributed by atoms with E-state index in [1.54, 1.807) is 11.3 Å². The number of aromatic nitrogens is 1. The lowest BCUT2D eigenvalue weighted by Crippen LogP contribution is -2.30. The van der Waals surface area contributed by atoms with Crippen LogP contribution in [0.3, 0.4) is 0 Å². The van der Waals surface area contributed by atoms with Gasteiger partial charge in [-0.15, -0.1) is 11.3 Å². The van der Waals surface area contributed by atoms with Gasteiger partial charge in [-0.1, -0.05) is 34.6 Å². The van der Waals surface area contributed by atoms with Crippen LogP contribution in [0.4, 0.5) is 0 Å². The fourth-order valence-corrected chi connectivity index (χ4v) is 3.93. The second-order valence-corrected chi connectivity index (χ2v) is 8.52. The van der Waals surface area contributed by atoms with Gasteiger partial charge in [-0.2, -0.15) is 11.8 Å². The molecule has 110 valence electrons. The van der Waals surface area contributed by atoms with Crippen molar-refractivity contribution in [2.24, 2.45) is 5.92 Å². The van der Waals surface area contributed by atoms with Gasteiger partial charge in [0.25, 0.3) is 0 Å². The van der Waals surface area contributed by atoms with Crippen LogP contribution in [0.25, 0.3) is 0 Å². The topological polar surface area (TPSA) is 24.9 Å². The van der Waals surface area contributed by atoms with Gasteiger partial charge in [-0.05, 0) is 18.7 Å². The van der Waals surface area contributed by atoms with Crippen molar-refractivity contribution in [3.05, 3.63) is 16.1 Å². The summed E-state index contributed by atoms with van der Waals surface area (Å²) in [5, 5.41) is 6.89. The Morgan fingerprint density at radius 1 is 1.32 bits per heavy atom. The monoisotopic (exact) mass is 300 g/mol. The first kappa shape index (κ1) is 17.0. The molecule has 1 rings (SSSR count). The summed E-state index contributed by atoms with van der Waals surface area (Å²) in [5.41, 5.74) is 1.38. The number of thiazole rings is 1. The van der Waals surface area contributed by atoms with E-state index in [4.69, 9.17) is 4.98 Å². The quantitative estimate of drug-likeness (QED) is 0.825. The van der Waals surface area contributed by atoms with Gasteiger partial charge in [0.2, 0.25) is 0 Å². The Kier molecular flexibility index (Phi) is 6.84. The van der Waals surface area contributed by atoms with Crippen LogP contribution in [0, 0.1) is 5.92 Å². The van der Waals surface area contributed by atoms with Crippen LogP contribution in [0.5, 0.6) is 0 Å². The summed E-state index contributed by atoms with van der Waals surface area (Å²) in [6, 6.07) is 0.530. The third-order valence-electron chi connectivity index (χ3n) is 2.92. The number of likely N-dealkylation sites (N-methyl/N-ethyl adjacent to an activating group) is 1. The Morgan fingerprint density at radius 2 is 2.00 bits per heavy atom. The summed E-state index contributed by atoms with van der Waals surface area (Å²) >= 11 is 3.84. The Bertz CT molecular complexity index is 366. The third kappa shape index (κ3) is 6.28. The average Bonchev–Trinajstić information content (AvgIpc) is 2.75. The smallest absolute Gasteiger partial charge is 0.0944 e. The zero-order valence-electron chi connectivity index (χ0n) is 13.1. The molecule has 0 saturated carbocycles. The lowest BCUT2D eigenvalue weighted by molar-refractivity contribution is 0.564. The number of thioether (sulfide) groups is 1. The standard InChI is InChI=1S/C15H28N2S2/c1-11(2)8-18-9-12(16-6)7-14-17-13(10-19-14)15(3,4)5/h10-12,16H,7-9H2,1-6H3. The second kappa shape index (κ2) is 7.65. The SMILES string of the molecule is CNC(CSCC(C)C)Cc1nc(C(C)(C)C)cs1. The summed E-state index contributed by atoms with van der Waals surface area (Å²) in [5.74, 6) is 3.18. The molecule has 2 nitrogen and oxygen atoms in total. The van der Waals surface area contributed by atoms with E-state index in [-0.39, 0.29) is 5.41 Å². The van der Waals surface area contributed by atoms with E-state index < -0.39 is 0 Å². The van der Waals surface area contributed by atoms with Gasteiger partial charge in [0, 0.05) is 29.0 Å². The summed E-state index contributed by atoms with van der Waals surface area (Å²) in [4.78, 5) is 4.78. The molecule has 0 aliphatic rings. The highest BCUT2D eigenvalue weighted by Crippen LogP contribution is 2.24. The van der Waals surface area contributed by atoms with Crippen molar-refractivity contribution in [2.75, 3.05) is 18.6 Å². The predicted octanol–water partition coefficient (Wildman–Crippen LogP) is 3.96. The summed E-state index contributed by atoms with van der Waals surface area (Å²) in [6.07, 6.45) is 1.04. The molecule has 0 saturated heterocycles. The molecule has 0 amide bonds. The van der Waals surface area contributed by atoms with Crippen LogP contribution in [0.1, 0.15) is 45.3 Å². The van der Waals surface area contributed by atoms with Gasteiger partial charge < -0.3 is 5.32 Å². The van der Waals surface area contributed by atoms with Gasteiger partial charge in [0.05, 0.1) is 10.7 Å². The molecule has 0 aliphatic heterocycles. The zero-order chi connectivity index (χ0) is 14.5. The Labute approximate surface area is 126 Å². The zero-order valence-corrected chi connectivity index (χ0v) is 14.8. The first-order valence-corrected chi connectivity index (χ1v) is 9.06. The third-order valence-corrected chi connectivity index (χ3v) is 5.33. The molecule has 1 N–H and O–H groups in total. The van der Waals surface area contributed by atoms with Crippen molar-refractivity contribution < 1.29 is 0 Å². The normalized spacial score (nSPS) is 14.1. The highest BCUT2D eigenvalue weighted by molar-refractivity contribution is 7.99.